The van der Waals surface area contributed by atoms with Crippen molar-refractivity contribution in [2.24, 2.45) is 5.41 Å². The minimum absolute atomic E-state index is 0.0512. The zero-order chi connectivity index (χ0) is 18.7. The van der Waals surface area contributed by atoms with Crippen molar-refractivity contribution in [1.29, 1.82) is 0 Å². The Balaban J connectivity index is 1.51. The third kappa shape index (κ3) is 4.13. The maximum absolute atomic E-state index is 12.4. The standard InChI is InChI=1S/C19H25ClN2O4/c1-21(2)12-14-11-19(18(24)26-14)7-9-22(10-8-19)17(23)13-25-16-6-4-3-5-15(16)20/h3-6,14H,7-13H2,1-2H3. The summed E-state index contributed by atoms with van der Waals surface area (Å²) in [5.41, 5.74) is -0.430. The molecule has 1 unspecified atom stereocenters. The number of likely N-dealkylation sites (N-methyl/N-ethyl adjacent to an activating group) is 1. The number of halogens is 1. The van der Waals surface area contributed by atoms with Gasteiger partial charge in [-0.2, -0.15) is 0 Å². The molecule has 2 heterocycles. The Labute approximate surface area is 159 Å². The summed E-state index contributed by atoms with van der Waals surface area (Å²) in [5.74, 6) is 0.307. The molecule has 0 aliphatic carbocycles. The number of amides is 1. The molecule has 26 heavy (non-hydrogen) atoms. The van der Waals surface area contributed by atoms with E-state index in [0.29, 0.717) is 36.7 Å². The zero-order valence-electron chi connectivity index (χ0n) is 15.2. The molecule has 1 aromatic rings. The number of hydrogen-bond donors (Lipinski definition) is 0. The first kappa shape index (κ1) is 19.0. The van der Waals surface area contributed by atoms with E-state index in [4.69, 9.17) is 21.1 Å². The van der Waals surface area contributed by atoms with Gasteiger partial charge in [0.2, 0.25) is 0 Å². The van der Waals surface area contributed by atoms with E-state index < -0.39 is 5.41 Å². The van der Waals surface area contributed by atoms with Crippen molar-refractivity contribution in [3.05, 3.63) is 29.3 Å². The molecule has 1 aromatic carbocycles. The summed E-state index contributed by atoms with van der Waals surface area (Å²) in [7, 11) is 3.94. The Kier molecular flexibility index (Phi) is 5.73. The molecule has 0 radical (unpaired) electrons. The molecule has 2 fully saturated rings. The second-order valence-electron chi connectivity index (χ2n) is 7.37. The van der Waals surface area contributed by atoms with Crippen LogP contribution in [0.2, 0.25) is 5.02 Å². The van der Waals surface area contributed by atoms with Gasteiger partial charge in [-0.05, 0) is 39.1 Å². The number of esters is 1. The molecule has 0 aromatic heterocycles. The average molecular weight is 381 g/mol. The summed E-state index contributed by atoms with van der Waals surface area (Å²) < 4.78 is 11.1. The lowest BCUT2D eigenvalue weighted by Gasteiger charge is -2.36. The fraction of sp³-hybridized carbons (Fsp3) is 0.579. The highest BCUT2D eigenvalue weighted by Gasteiger charge is 2.50. The van der Waals surface area contributed by atoms with Gasteiger partial charge in [-0.25, -0.2) is 0 Å². The number of nitrogens with zero attached hydrogens (tertiary/aromatic N) is 2. The van der Waals surface area contributed by atoms with Crippen molar-refractivity contribution >= 4 is 23.5 Å². The number of para-hydroxylation sites is 1. The predicted octanol–water partition coefficient (Wildman–Crippen LogP) is 2.20. The van der Waals surface area contributed by atoms with E-state index in [1.807, 2.05) is 31.1 Å². The molecule has 0 N–H and O–H groups in total. The maximum atomic E-state index is 12.4. The van der Waals surface area contributed by atoms with E-state index in [0.717, 1.165) is 13.0 Å². The van der Waals surface area contributed by atoms with Crippen molar-refractivity contribution in [1.82, 2.24) is 9.80 Å². The summed E-state index contributed by atoms with van der Waals surface area (Å²) in [6.45, 7) is 1.79. The van der Waals surface area contributed by atoms with Crippen LogP contribution >= 0.6 is 11.6 Å². The molecule has 1 spiro atoms. The minimum atomic E-state index is -0.430. The number of benzene rings is 1. The van der Waals surface area contributed by atoms with Gasteiger partial charge in [0.05, 0.1) is 10.4 Å². The van der Waals surface area contributed by atoms with Crippen molar-refractivity contribution in [3.63, 3.8) is 0 Å². The highest BCUT2D eigenvalue weighted by atomic mass is 35.5. The van der Waals surface area contributed by atoms with Crippen LogP contribution in [0, 0.1) is 5.41 Å². The van der Waals surface area contributed by atoms with E-state index >= 15 is 0 Å². The summed E-state index contributed by atoms with van der Waals surface area (Å²) in [5, 5.41) is 0.485. The number of carbonyl (C=O) groups excluding carboxylic acids is 2. The summed E-state index contributed by atoms with van der Waals surface area (Å²) in [6, 6.07) is 7.08. The Bertz CT molecular complexity index is 671. The van der Waals surface area contributed by atoms with Crippen molar-refractivity contribution in [2.75, 3.05) is 40.3 Å². The van der Waals surface area contributed by atoms with Crippen molar-refractivity contribution < 1.29 is 19.1 Å². The Morgan fingerprint density at radius 1 is 1.35 bits per heavy atom. The topological polar surface area (TPSA) is 59.1 Å². The van der Waals surface area contributed by atoms with Gasteiger partial charge in [-0.15, -0.1) is 0 Å². The van der Waals surface area contributed by atoms with Gasteiger partial charge in [-0.3, -0.25) is 9.59 Å². The van der Waals surface area contributed by atoms with Crippen molar-refractivity contribution in [3.8, 4) is 5.75 Å². The highest BCUT2D eigenvalue weighted by Crippen LogP contribution is 2.43. The number of carbonyl (C=O) groups is 2. The van der Waals surface area contributed by atoms with Crippen molar-refractivity contribution in [2.45, 2.75) is 25.4 Å². The van der Waals surface area contributed by atoms with Gasteiger partial charge in [0.1, 0.15) is 11.9 Å². The van der Waals surface area contributed by atoms with Crippen LogP contribution in [0.3, 0.4) is 0 Å². The first-order valence-electron chi connectivity index (χ1n) is 8.90. The second kappa shape index (κ2) is 7.84. The fourth-order valence-corrected chi connectivity index (χ4v) is 3.92. The van der Waals surface area contributed by atoms with Crippen LogP contribution < -0.4 is 4.74 Å². The normalized spacial score (nSPS) is 21.9. The molecule has 0 bridgehead atoms. The Morgan fingerprint density at radius 2 is 2.04 bits per heavy atom. The third-order valence-corrected chi connectivity index (χ3v) is 5.47. The lowest BCUT2D eigenvalue weighted by atomic mass is 9.76. The number of ether oxygens (including phenoxy) is 2. The summed E-state index contributed by atoms with van der Waals surface area (Å²) in [6.07, 6.45) is 1.98. The largest absolute Gasteiger partial charge is 0.482 e. The molecule has 142 valence electrons. The van der Waals surface area contributed by atoms with Crippen LogP contribution in [-0.2, 0) is 14.3 Å². The van der Waals surface area contributed by atoms with Gasteiger partial charge in [0, 0.05) is 26.1 Å². The predicted molar refractivity (Wildman–Crippen MR) is 98.2 cm³/mol. The average Bonchev–Trinajstić information content (AvgIpc) is 2.88. The number of cyclic esters (lactones) is 1. The molecule has 0 saturated carbocycles. The molecular formula is C19H25ClN2O4. The van der Waals surface area contributed by atoms with Crippen LogP contribution in [0.1, 0.15) is 19.3 Å². The van der Waals surface area contributed by atoms with Crippen LogP contribution in [0.25, 0.3) is 0 Å². The van der Waals surface area contributed by atoms with Crippen LogP contribution in [-0.4, -0.2) is 68.1 Å². The molecule has 7 heteroatoms. The van der Waals surface area contributed by atoms with Gasteiger partial charge in [0.25, 0.3) is 5.91 Å². The number of piperidine rings is 1. The van der Waals surface area contributed by atoms with Gasteiger partial charge in [-0.1, -0.05) is 23.7 Å². The van der Waals surface area contributed by atoms with E-state index in [1.165, 1.54) is 0 Å². The number of hydrogen-bond acceptors (Lipinski definition) is 5. The number of likely N-dealkylation sites (tertiary alicyclic amines) is 1. The second-order valence-corrected chi connectivity index (χ2v) is 7.78. The zero-order valence-corrected chi connectivity index (χ0v) is 16.0. The lowest BCUT2D eigenvalue weighted by molar-refractivity contribution is -0.153. The first-order chi connectivity index (χ1) is 12.4. The van der Waals surface area contributed by atoms with Crippen LogP contribution in [0.4, 0.5) is 0 Å². The third-order valence-electron chi connectivity index (χ3n) is 5.15. The molecule has 2 saturated heterocycles. The van der Waals surface area contributed by atoms with E-state index in [9.17, 15) is 9.59 Å². The first-order valence-corrected chi connectivity index (χ1v) is 9.28. The molecule has 3 rings (SSSR count). The molecular weight excluding hydrogens is 356 g/mol. The van der Waals surface area contributed by atoms with E-state index in [1.54, 1.807) is 17.0 Å². The molecule has 1 amide bonds. The molecule has 1 atom stereocenters. The van der Waals surface area contributed by atoms with E-state index in [2.05, 4.69) is 0 Å². The molecule has 2 aliphatic rings. The summed E-state index contributed by atoms with van der Waals surface area (Å²) >= 11 is 6.04. The smallest absolute Gasteiger partial charge is 0.312 e. The minimum Gasteiger partial charge on any atom is -0.482 e. The van der Waals surface area contributed by atoms with Gasteiger partial charge < -0.3 is 19.3 Å². The summed E-state index contributed by atoms with van der Waals surface area (Å²) in [4.78, 5) is 28.6. The van der Waals surface area contributed by atoms with Crippen LogP contribution in [0.5, 0.6) is 5.75 Å². The monoisotopic (exact) mass is 380 g/mol. The number of rotatable bonds is 5. The highest BCUT2D eigenvalue weighted by molar-refractivity contribution is 6.32. The SMILES string of the molecule is CN(C)CC1CC2(CCN(C(=O)COc3ccccc3Cl)CC2)C(=O)O1. The van der Waals surface area contributed by atoms with Gasteiger partial charge >= 0.3 is 5.97 Å². The van der Waals surface area contributed by atoms with E-state index in [-0.39, 0.29) is 24.6 Å². The maximum Gasteiger partial charge on any atom is 0.312 e. The Morgan fingerprint density at radius 3 is 2.69 bits per heavy atom. The lowest BCUT2D eigenvalue weighted by Crippen LogP contribution is -2.46. The molecule has 2 aliphatic heterocycles. The van der Waals surface area contributed by atoms with Gasteiger partial charge in [0.15, 0.2) is 6.61 Å². The Hall–Kier alpha value is -1.79. The molecule has 6 nitrogen and oxygen atoms in total. The fourth-order valence-electron chi connectivity index (χ4n) is 3.73. The quantitative estimate of drug-likeness (QED) is 0.733. The van der Waals surface area contributed by atoms with Crippen LogP contribution in [0.15, 0.2) is 24.3 Å².